The molecule has 0 aromatic heterocycles. The third-order valence-electron chi connectivity index (χ3n) is 2.49. The van der Waals surface area contributed by atoms with E-state index in [1.54, 1.807) is 11.8 Å². The van der Waals surface area contributed by atoms with Gasteiger partial charge in [-0.3, -0.25) is 10.1 Å². The predicted molar refractivity (Wildman–Crippen MR) is 62.5 cm³/mol. The van der Waals surface area contributed by atoms with Crippen molar-refractivity contribution in [2.75, 3.05) is 11.6 Å². The van der Waals surface area contributed by atoms with Gasteiger partial charge in [0.25, 0.3) is 0 Å². The Morgan fingerprint density at radius 2 is 2.35 bits per heavy atom. The van der Waals surface area contributed by atoms with Crippen LogP contribution >= 0.6 is 11.8 Å². The Kier molecular flexibility index (Phi) is 3.96. The van der Waals surface area contributed by atoms with E-state index in [4.69, 9.17) is 0 Å². The van der Waals surface area contributed by atoms with Crippen molar-refractivity contribution < 1.29 is 13.6 Å². The standard InChI is InChI=1S/C11H12F2N2OS/c12-8-1-2-9(13)7(3-8)4-14-11(16)10-5-17-6-15-10/h1-3,10,15H,4-6H2,(H,14,16). The summed E-state index contributed by atoms with van der Waals surface area (Å²) in [6.45, 7) is 0.00523. The van der Waals surface area contributed by atoms with Crippen molar-refractivity contribution >= 4 is 17.7 Å². The summed E-state index contributed by atoms with van der Waals surface area (Å²) >= 11 is 1.63. The van der Waals surface area contributed by atoms with Crippen LogP contribution in [-0.4, -0.2) is 23.6 Å². The minimum Gasteiger partial charge on any atom is -0.351 e. The number of carbonyl (C=O) groups excluding carboxylic acids is 1. The van der Waals surface area contributed by atoms with Crippen LogP contribution in [0.1, 0.15) is 5.56 Å². The number of thioether (sulfide) groups is 1. The molecule has 17 heavy (non-hydrogen) atoms. The lowest BCUT2D eigenvalue weighted by Gasteiger charge is -2.10. The largest absolute Gasteiger partial charge is 0.351 e. The van der Waals surface area contributed by atoms with Crippen LogP contribution in [0.15, 0.2) is 18.2 Å². The van der Waals surface area contributed by atoms with Gasteiger partial charge in [-0.05, 0) is 18.2 Å². The Bertz CT molecular complexity index is 422. The lowest BCUT2D eigenvalue weighted by Crippen LogP contribution is -2.41. The first-order valence-electron chi connectivity index (χ1n) is 5.19. The first kappa shape index (κ1) is 12.3. The van der Waals surface area contributed by atoms with Gasteiger partial charge in [-0.2, -0.15) is 0 Å². The number of hydrogen-bond acceptors (Lipinski definition) is 3. The van der Waals surface area contributed by atoms with Crippen LogP contribution < -0.4 is 10.6 Å². The van der Waals surface area contributed by atoms with E-state index in [-0.39, 0.29) is 24.1 Å². The second kappa shape index (κ2) is 5.46. The van der Waals surface area contributed by atoms with Gasteiger partial charge >= 0.3 is 0 Å². The molecule has 0 spiro atoms. The highest BCUT2D eigenvalue weighted by Crippen LogP contribution is 2.11. The van der Waals surface area contributed by atoms with E-state index in [0.717, 1.165) is 24.1 Å². The van der Waals surface area contributed by atoms with Crippen molar-refractivity contribution in [2.24, 2.45) is 0 Å². The molecule has 1 aromatic carbocycles. The molecule has 0 aliphatic carbocycles. The Morgan fingerprint density at radius 1 is 1.53 bits per heavy atom. The fourth-order valence-corrected chi connectivity index (χ4v) is 2.49. The van der Waals surface area contributed by atoms with E-state index in [1.165, 1.54) is 0 Å². The lowest BCUT2D eigenvalue weighted by atomic mass is 10.2. The molecule has 92 valence electrons. The van der Waals surface area contributed by atoms with Crippen molar-refractivity contribution in [3.8, 4) is 0 Å². The molecular formula is C11H12F2N2OS. The zero-order chi connectivity index (χ0) is 12.3. The molecule has 1 atom stereocenters. The summed E-state index contributed by atoms with van der Waals surface area (Å²) in [5.41, 5.74) is 0.156. The van der Waals surface area contributed by atoms with E-state index in [2.05, 4.69) is 10.6 Å². The van der Waals surface area contributed by atoms with Gasteiger partial charge in [-0.15, -0.1) is 11.8 Å². The van der Waals surface area contributed by atoms with Crippen molar-refractivity contribution in [3.63, 3.8) is 0 Å². The Morgan fingerprint density at radius 3 is 3.06 bits per heavy atom. The molecule has 1 heterocycles. The maximum atomic E-state index is 13.3. The van der Waals surface area contributed by atoms with Crippen molar-refractivity contribution in [2.45, 2.75) is 12.6 Å². The molecule has 1 aliphatic rings. The zero-order valence-electron chi connectivity index (χ0n) is 9.00. The van der Waals surface area contributed by atoms with E-state index in [1.807, 2.05) is 0 Å². The highest BCUT2D eigenvalue weighted by atomic mass is 32.2. The third-order valence-corrected chi connectivity index (χ3v) is 3.43. The summed E-state index contributed by atoms with van der Waals surface area (Å²) in [7, 11) is 0. The minimum absolute atomic E-state index is 0.00523. The van der Waals surface area contributed by atoms with Crippen LogP contribution in [0.25, 0.3) is 0 Å². The van der Waals surface area contributed by atoms with Gasteiger partial charge in [0.05, 0.1) is 6.04 Å². The van der Waals surface area contributed by atoms with Crippen molar-refractivity contribution in [3.05, 3.63) is 35.4 Å². The van der Waals surface area contributed by atoms with Gasteiger partial charge in [0, 0.05) is 23.7 Å². The van der Waals surface area contributed by atoms with Gasteiger partial charge < -0.3 is 5.32 Å². The summed E-state index contributed by atoms with van der Waals surface area (Å²) in [4.78, 5) is 11.6. The van der Waals surface area contributed by atoms with Gasteiger partial charge in [0.2, 0.25) is 5.91 Å². The number of nitrogens with one attached hydrogen (secondary N) is 2. The summed E-state index contributed by atoms with van der Waals surface area (Å²) in [6.07, 6.45) is 0. The van der Waals surface area contributed by atoms with Crippen molar-refractivity contribution in [1.29, 1.82) is 0 Å². The number of rotatable bonds is 3. The van der Waals surface area contributed by atoms with Crippen LogP contribution in [0.4, 0.5) is 8.78 Å². The van der Waals surface area contributed by atoms with Crippen LogP contribution in [0.2, 0.25) is 0 Å². The van der Waals surface area contributed by atoms with Crippen LogP contribution in [0.3, 0.4) is 0 Å². The quantitative estimate of drug-likeness (QED) is 0.857. The second-order valence-electron chi connectivity index (χ2n) is 3.73. The molecule has 1 unspecified atom stereocenters. The van der Waals surface area contributed by atoms with Crippen LogP contribution in [-0.2, 0) is 11.3 Å². The fourth-order valence-electron chi connectivity index (χ4n) is 1.55. The van der Waals surface area contributed by atoms with Crippen molar-refractivity contribution in [1.82, 2.24) is 10.6 Å². The first-order valence-corrected chi connectivity index (χ1v) is 6.35. The van der Waals surface area contributed by atoms with Gasteiger partial charge in [-0.25, -0.2) is 8.78 Å². The van der Waals surface area contributed by atoms with E-state index >= 15 is 0 Å². The van der Waals surface area contributed by atoms with Gasteiger partial charge in [0.15, 0.2) is 0 Å². The molecule has 1 fully saturated rings. The Balaban J connectivity index is 1.92. The normalized spacial score (nSPS) is 19.3. The third kappa shape index (κ3) is 3.17. The molecule has 1 saturated heterocycles. The molecule has 3 nitrogen and oxygen atoms in total. The molecule has 0 radical (unpaired) electrons. The summed E-state index contributed by atoms with van der Waals surface area (Å²) < 4.78 is 26.1. The maximum absolute atomic E-state index is 13.3. The van der Waals surface area contributed by atoms with E-state index in [0.29, 0.717) is 5.75 Å². The van der Waals surface area contributed by atoms with Gasteiger partial charge in [-0.1, -0.05) is 0 Å². The monoisotopic (exact) mass is 258 g/mol. The number of hydrogen-bond donors (Lipinski definition) is 2. The average molecular weight is 258 g/mol. The first-order chi connectivity index (χ1) is 8.16. The molecular weight excluding hydrogens is 246 g/mol. The number of halogens is 2. The molecule has 1 amide bonds. The highest BCUT2D eigenvalue weighted by Gasteiger charge is 2.22. The SMILES string of the molecule is O=C(NCc1cc(F)ccc1F)C1CSCN1. The van der Waals surface area contributed by atoms with Crippen LogP contribution in [0, 0.1) is 11.6 Å². The molecule has 2 rings (SSSR count). The zero-order valence-corrected chi connectivity index (χ0v) is 9.82. The number of benzene rings is 1. The molecule has 1 aliphatic heterocycles. The molecule has 6 heteroatoms. The summed E-state index contributed by atoms with van der Waals surface area (Å²) in [6, 6.07) is 2.96. The number of carbonyl (C=O) groups is 1. The second-order valence-corrected chi connectivity index (χ2v) is 4.76. The molecule has 1 aromatic rings. The lowest BCUT2D eigenvalue weighted by molar-refractivity contribution is -0.122. The predicted octanol–water partition coefficient (Wildman–Crippen LogP) is 1.24. The summed E-state index contributed by atoms with van der Waals surface area (Å²) in [5.74, 6) is 0.244. The van der Waals surface area contributed by atoms with Crippen LogP contribution in [0.5, 0.6) is 0 Å². The highest BCUT2D eigenvalue weighted by molar-refractivity contribution is 7.99. The van der Waals surface area contributed by atoms with E-state index in [9.17, 15) is 13.6 Å². The van der Waals surface area contributed by atoms with E-state index < -0.39 is 11.6 Å². The fraction of sp³-hybridized carbons (Fsp3) is 0.364. The average Bonchev–Trinajstić information content (AvgIpc) is 2.83. The smallest absolute Gasteiger partial charge is 0.238 e. The maximum Gasteiger partial charge on any atom is 0.238 e. The minimum atomic E-state index is -0.513. The Hall–Kier alpha value is -1.14. The molecule has 0 saturated carbocycles. The molecule has 0 bridgehead atoms. The summed E-state index contributed by atoms with van der Waals surface area (Å²) in [5, 5.41) is 5.59. The van der Waals surface area contributed by atoms with Gasteiger partial charge in [0.1, 0.15) is 11.6 Å². The molecule has 2 N–H and O–H groups in total. The topological polar surface area (TPSA) is 41.1 Å². The number of amides is 1. The Labute approximate surface area is 102 Å².